The summed E-state index contributed by atoms with van der Waals surface area (Å²) in [5.41, 5.74) is -0.0304. The summed E-state index contributed by atoms with van der Waals surface area (Å²) in [4.78, 5) is 14.1. The normalized spacial score (nSPS) is 16.3. The highest BCUT2D eigenvalue weighted by atomic mass is 35.5. The van der Waals surface area contributed by atoms with Crippen LogP contribution in [0.4, 0.5) is 8.78 Å². The van der Waals surface area contributed by atoms with Gasteiger partial charge >= 0.3 is 0 Å². The van der Waals surface area contributed by atoms with Crippen molar-refractivity contribution in [3.8, 4) is 0 Å². The summed E-state index contributed by atoms with van der Waals surface area (Å²) in [7, 11) is 0. The van der Waals surface area contributed by atoms with E-state index < -0.39 is 11.6 Å². The minimum atomic E-state index is -0.595. The maximum absolute atomic E-state index is 13.8. The van der Waals surface area contributed by atoms with Gasteiger partial charge in [0.15, 0.2) is 0 Å². The SMILES string of the molecule is CCN(Cc1c(F)cccc1F)C(=O)CC(C)C1CCNCC1.Cl. The second-order valence-electron chi connectivity index (χ2n) is 6.38. The van der Waals surface area contributed by atoms with Gasteiger partial charge in [-0.2, -0.15) is 0 Å². The Hall–Kier alpha value is -1.20. The molecule has 1 aromatic rings. The first kappa shape index (κ1) is 20.8. The molecule has 3 nitrogen and oxygen atoms in total. The van der Waals surface area contributed by atoms with Gasteiger partial charge in [-0.05, 0) is 56.8 Å². The average molecular weight is 361 g/mol. The summed E-state index contributed by atoms with van der Waals surface area (Å²) < 4.78 is 27.6. The summed E-state index contributed by atoms with van der Waals surface area (Å²) in [5, 5.41) is 3.32. The summed E-state index contributed by atoms with van der Waals surface area (Å²) in [6.07, 6.45) is 2.61. The lowest BCUT2D eigenvalue weighted by Gasteiger charge is -2.30. The Kier molecular flexibility index (Phi) is 8.63. The zero-order valence-corrected chi connectivity index (χ0v) is 15.2. The van der Waals surface area contributed by atoms with Gasteiger partial charge in [-0.3, -0.25) is 4.79 Å². The molecule has 0 aliphatic carbocycles. The van der Waals surface area contributed by atoms with Crippen LogP contribution in [0.2, 0.25) is 0 Å². The van der Waals surface area contributed by atoms with Crippen LogP contribution in [-0.2, 0) is 11.3 Å². The second-order valence-corrected chi connectivity index (χ2v) is 6.38. The van der Waals surface area contributed by atoms with Crippen LogP contribution in [-0.4, -0.2) is 30.4 Å². The number of halogens is 3. The van der Waals surface area contributed by atoms with E-state index >= 15 is 0 Å². The van der Waals surface area contributed by atoms with Crippen molar-refractivity contribution in [1.82, 2.24) is 10.2 Å². The number of amides is 1. The first-order valence-corrected chi connectivity index (χ1v) is 8.44. The maximum atomic E-state index is 13.8. The Morgan fingerprint density at radius 3 is 2.42 bits per heavy atom. The molecule has 1 aliphatic rings. The van der Waals surface area contributed by atoms with E-state index in [2.05, 4.69) is 12.2 Å². The molecule has 0 radical (unpaired) electrons. The Bertz CT molecular complexity index is 516. The van der Waals surface area contributed by atoms with Crippen molar-refractivity contribution in [2.45, 2.75) is 39.7 Å². The molecule has 6 heteroatoms. The first-order valence-electron chi connectivity index (χ1n) is 8.44. The Morgan fingerprint density at radius 2 is 1.88 bits per heavy atom. The Morgan fingerprint density at radius 1 is 1.29 bits per heavy atom. The quantitative estimate of drug-likeness (QED) is 0.837. The molecule has 2 rings (SSSR count). The minimum absolute atomic E-state index is 0. The first-order chi connectivity index (χ1) is 11.0. The number of benzene rings is 1. The fourth-order valence-electron chi connectivity index (χ4n) is 3.24. The highest BCUT2D eigenvalue weighted by molar-refractivity contribution is 5.85. The molecule has 1 aliphatic heterocycles. The van der Waals surface area contributed by atoms with Gasteiger partial charge in [0.2, 0.25) is 5.91 Å². The number of nitrogens with zero attached hydrogens (tertiary/aromatic N) is 1. The highest BCUT2D eigenvalue weighted by Gasteiger charge is 2.24. The Balaban J connectivity index is 0.00000288. The summed E-state index contributed by atoms with van der Waals surface area (Å²) in [6.45, 7) is 6.39. The molecule has 1 amide bonds. The second kappa shape index (κ2) is 9.94. The van der Waals surface area contributed by atoms with E-state index in [9.17, 15) is 13.6 Å². The van der Waals surface area contributed by atoms with Gasteiger partial charge in [0, 0.05) is 18.5 Å². The molecule has 1 fully saturated rings. The third-order valence-corrected chi connectivity index (χ3v) is 4.83. The van der Waals surface area contributed by atoms with Gasteiger partial charge in [-0.25, -0.2) is 8.78 Å². The van der Waals surface area contributed by atoms with E-state index in [0.29, 0.717) is 24.8 Å². The van der Waals surface area contributed by atoms with Crippen molar-refractivity contribution < 1.29 is 13.6 Å². The third kappa shape index (κ3) is 5.42. The van der Waals surface area contributed by atoms with Crippen LogP contribution in [0.5, 0.6) is 0 Å². The van der Waals surface area contributed by atoms with Crippen molar-refractivity contribution >= 4 is 18.3 Å². The van der Waals surface area contributed by atoms with Gasteiger partial charge in [0.1, 0.15) is 11.6 Å². The number of nitrogens with one attached hydrogen (secondary N) is 1. The van der Waals surface area contributed by atoms with Gasteiger partial charge in [-0.15, -0.1) is 12.4 Å². The smallest absolute Gasteiger partial charge is 0.223 e. The van der Waals surface area contributed by atoms with Crippen molar-refractivity contribution in [2.24, 2.45) is 11.8 Å². The molecule has 1 heterocycles. The standard InChI is InChI=1S/C18H26F2N2O.ClH/c1-3-22(12-15-16(19)5-4-6-17(15)20)18(23)11-13(2)14-7-9-21-10-8-14;/h4-6,13-14,21H,3,7-12H2,1-2H3;1H. The molecule has 24 heavy (non-hydrogen) atoms. The van der Waals surface area contributed by atoms with Crippen LogP contribution in [0.15, 0.2) is 18.2 Å². The molecular formula is C18H27ClF2N2O. The molecule has 0 spiro atoms. The van der Waals surface area contributed by atoms with Gasteiger partial charge in [0.25, 0.3) is 0 Å². The average Bonchev–Trinajstić information content (AvgIpc) is 2.55. The Labute approximate surface area is 149 Å². The van der Waals surface area contributed by atoms with E-state index in [4.69, 9.17) is 0 Å². The number of piperidine rings is 1. The van der Waals surface area contributed by atoms with Crippen molar-refractivity contribution in [3.63, 3.8) is 0 Å². The third-order valence-electron chi connectivity index (χ3n) is 4.83. The topological polar surface area (TPSA) is 32.3 Å². The van der Waals surface area contributed by atoms with Crippen LogP contribution in [0.3, 0.4) is 0 Å². The zero-order chi connectivity index (χ0) is 16.8. The predicted octanol–water partition coefficient (Wildman–Crippen LogP) is 3.76. The summed E-state index contributed by atoms with van der Waals surface area (Å²) in [6, 6.07) is 3.80. The summed E-state index contributed by atoms with van der Waals surface area (Å²) >= 11 is 0. The number of carbonyl (C=O) groups excluding carboxylic acids is 1. The molecule has 1 atom stereocenters. The molecule has 136 valence electrons. The van der Waals surface area contributed by atoms with Crippen LogP contribution in [0.25, 0.3) is 0 Å². The molecule has 1 saturated heterocycles. The lowest BCUT2D eigenvalue weighted by Crippen LogP contribution is -2.35. The van der Waals surface area contributed by atoms with Gasteiger partial charge in [0.05, 0.1) is 6.54 Å². The van der Waals surface area contributed by atoms with E-state index in [1.807, 2.05) is 6.92 Å². The van der Waals surface area contributed by atoms with Gasteiger partial charge in [-0.1, -0.05) is 13.0 Å². The van der Waals surface area contributed by atoms with Crippen molar-refractivity contribution in [1.29, 1.82) is 0 Å². The lowest BCUT2D eigenvalue weighted by atomic mass is 9.84. The van der Waals surface area contributed by atoms with Crippen molar-refractivity contribution in [3.05, 3.63) is 35.4 Å². The number of rotatable bonds is 6. The predicted molar refractivity (Wildman–Crippen MR) is 94.1 cm³/mol. The van der Waals surface area contributed by atoms with Crippen LogP contribution in [0.1, 0.15) is 38.7 Å². The summed E-state index contributed by atoms with van der Waals surface area (Å²) in [5.74, 6) is -0.375. The number of hydrogen-bond acceptors (Lipinski definition) is 2. The molecule has 1 aromatic carbocycles. The molecule has 0 bridgehead atoms. The van der Waals surface area contributed by atoms with E-state index in [0.717, 1.165) is 25.9 Å². The number of hydrogen-bond donors (Lipinski definition) is 1. The van der Waals surface area contributed by atoms with E-state index in [1.54, 1.807) is 4.90 Å². The number of carbonyl (C=O) groups is 1. The molecule has 0 aromatic heterocycles. The van der Waals surface area contributed by atoms with Crippen LogP contribution in [0, 0.1) is 23.5 Å². The van der Waals surface area contributed by atoms with Crippen LogP contribution < -0.4 is 5.32 Å². The van der Waals surface area contributed by atoms with E-state index in [-0.39, 0.29) is 30.4 Å². The lowest BCUT2D eigenvalue weighted by molar-refractivity contribution is -0.133. The highest BCUT2D eigenvalue weighted by Crippen LogP contribution is 2.25. The zero-order valence-electron chi connectivity index (χ0n) is 14.4. The van der Waals surface area contributed by atoms with Gasteiger partial charge < -0.3 is 10.2 Å². The van der Waals surface area contributed by atoms with Crippen LogP contribution >= 0.6 is 12.4 Å². The maximum Gasteiger partial charge on any atom is 0.223 e. The molecule has 1 unspecified atom stereocenters. The minimum Gasteiger partial charge on any atom is -0.338 e. The van der Waals surface area contributed by atoms with Crippen molar-refractivity contribution in [2.75, 3.05) is 19.6 Å². The monoisotopic (exact) mass is 360 g/mol. The fraction of sp³-hybridized carbons (Fsp3) is 0.611. The molecular weight excluding hydrogens is 334 g/mol. The van der Waals surface area contributed by atoms with E-state index in [1.165, 1.54) is 18.2 Å². The molecule has 0 saturated carbocycles. The fourth-order valence-corrected chi connectivity index (χ4v) is 3.24. The molecule has 1 N–H and O–H groups in total. The largest absolute Gasteiger partial charge is 0.338 e.